The van der Waals surface area contributed by atoms with Crippen LogP contribution in [0.3, 0.4) is 0 Å². The number of H-pyrrole nitrogens is 1. The average molecular weight is 559 g/mol. The molecule has 1 aromatic heterocycles. The van der Waals surface area contributed by atoms with Gasteiger partial charge in [0.15, 0.2) is 6.29 Å². The zero-order valence-corrected chi connectivity index (χ0v) is 23.7. The first-order valence-corrected chi connectivity index (χ1v) is 14.7. The van der Waals surface area contributed by atoms with Gasteiger partial charge >= 0.3 is 0 Å². The molecule has 1 aliphatic rings. The summed E-state index contributed by atoms with van der Waals surface area (Å²) >= 11 is 0. The SMILES string of the molecule is NCCCCCOCC1OC(OCCc2c[nH]c3ccccc23)C(OCc2ccccc2)C1OCc1ccccc1. The van der Waals surface area contributed by atoms with Crippen molar-refractivity contribution in [3.63, 3.8) is 0 Å². The number of fused-ring (bicyclic) bond motifs is 1. The van der Waals surface area contributed by atoms with Crippen LogP contribution in [0.25, 0.3) is 10.9 Å². The smallest absolute Gasteiger partial charge is 0.186 e. The van der Waals surface area contributed by atoms with E-state index in [1.54, 1.807) is 0 Å². The van der Waals surface area contributed by atoms with Crippen LogP contribution in [0, 0.1) is 0 Å². The highest BCUT2D eigenvalue weighted by atomic mass is 16.7. The third-order valence-electron chi connectivity index (χ3n) is 7.44. The van der Waals surface area contributed by atoms with Gasteiger partial charge in [0.05, 0.1) is 26.4 Å². The van der Waals surface area contributed by atoms with E-state index in [1.807, 2.05) is 42.5 Å². The fourth-order valence-electron chi connectivity index (χ4n) is 5.22. The molecule has 5 rings (SSSR count). The Morgan fingerprint density at radius 3 is 2.12 bits per heavy atom. The van der Waals surface area contributed by atoms with E-state index in [0.29, 0.717) is 39.6 Å². The second kappa shape index (κ2) is 15.8. The lowest BCUT2D eigenvalue weighted by molar-refractivity contribution is -0.184. The fraction of sp³-hybridized carbons (Fsp3) is 0.412. The van der Waals surface area contributed by atoms with E-state index in [4.69, 9.17) is 29.4 Å². The van der Waals surface area contributed by atoms with Crippen LogP contribution in [0.1, 0.15) is 36.0 Å². The minimum absolute atomic E-state index is 0.313. The first kappa shape index (κ1) is 29.5. The van der Waals surface area contributed by atoms with Crippen molar-refractivity contribution in [2.75, 3.05) is 26.4 Å². The van der Waals surface area contributed by atoms with E-state index >= 15 is 0 Å². The van der Waals surface area contributed by atoms with Crippen LogP contribution in [0.5, 0.6) is 0 Å². The van der Waals surface area contributed by atoms with Crippen molar-refractivity contribution >= 4 is 10.9 Å². The van der Waals surface area contributed by atoms with Gasteiger partial charge in [-0.2, -0.15) is 0 Å². The zero-order valence-electron chi connectivity index (χ0n) is 23.7. The summed E-state index contributed by atoms with van der Waals surface area (Å²) in [5.41, 5.74) is 10.2. The number of hydrogen-bond acceptors (Lipinski definition) is 6. The molecule has 4 atom stereocenters. The molecule has 41 heavy (non-hydrogen) atoms. The molecular formula is C34H42N2O5. The molecule has 4 unspecified atom stereocenters. The van der Waals surface area contributed by atoms with Gasteiger partial charge in [0.1, 0.15) is 18.3 Å². The summed E-state index contributed by atoms with van der Waals surface area (Å²) in [6.07, 6.45) is 4.20. The summed E-state index contributed by atoms with van der Waals surface area (Å²) in [5.74, 6) is 0. The lowest BCUT2D eigenvalue weighted by Crippen LogP contribution is -2.39. The molecule has 4 aromatic rings. The molecule has 218 valence electrons. The van der Waals surface area contributed by atoms with Gasteiger partial charge < -0.3 is 34.4 Å². The van der Waals surface area contributed by atoms with Crippen LogP contribution >= 0.6 is 0 Å². The van der Waals surface area contributed by atoms with Gasteiger partial charge in [-0.3, -0.25) is 0 Å². The molecule has 3 aromatic carbocycles. The molecular weight excluding hydrogens is 516 g/mol. The molecule has 0 radical (unpaired) electrons. The number of nitrogens with two attached hydrogens (primary N) is 1. The quantitative estimate of drug-likeness (QED) is 0.160. The van der Waals surface area contributed by atoms with Crippen LogP contribution in [-0.2, 0) is 43.3 Å². The van der Waals surface area contributed by atoms with Crippen molar-refractivity contribution < 1.29 is 23.7 Å². The second-order valence-electron chi connectivity index (χ2n) is 10.5. The highest BCUT2D eigenvalue weighted by Crippen LogP contribution is 2.30. The van der Waals surface area contributed by atoms with E-state index in [2.05, 4.69) is 53.6 Å². The molecule has 1 fully saturated rings. The van der Waals surface area contributed by atoms with Crippen LogP contribution in [0.15, 0.2) is 91.1 Å². The monoisotopic (exact) mass is 558 g/mol. The number of rotatable bonds is 17. The van der Waals surface area contributed by atoms with Gasteiger partial charge in [0.2, 0.25) is 0 Å². The Morgan fingerprint density at radius 1 is 0.707 bits per heavy atom. The first-order valence-electron chi connectivity index (χ1n) is 14.7. The molecule has 1 aliphatic heterocycles. The molecule has 7 nitrogen and oxygen atoms in total. The predicted octanol–water partition coefficient (Wildman–Crippen LogP) is 5.77. The third-order valence-corrected chi connectivity index (χ3v) is 7.44. The van der Waals surface area contributed by atoms with Crippen molar-refractivity contribution in [2.24, 2.45) is 5.73 Å². The molecule has 0 spiro atoms. The minimum Gasteiger partial charge on any atom is -0.379 e. The lowest BCUT2D eigenvalue weighted by Gasteiger charge is -2.25. The standard InChI is InChI=1S/C34H42N2O5/c35-19-10-3-11-20-37-25-31-32(39-23-26-12-4-1-5-13-26)33(40-24-27-14-6-2-7-15-27)34(41-31)38-21-18-28-22-36-30-17-9-8-16-29(28)30/h1-2,4-9,12-17,22,31-34,36H,3,10-11,18-21,23-25,35H2. The van der Waals surface area contributed by atoms with Gasteiger partial charge in [0, 0.05) is 23.7 Å². The average Bonchev–Trinajstić information content (AvgIpc) is 3.58. The Morgan fingerprint density at radius 2 is 1.39 bits per heavy atom. The van der Waals surface area contributed by atoms with Crippen molar-refractivity contribution in [3.8, 4) is 0 Å². The van der Waals surface area contributed by atoms with E-state index in [0.717, 1.165) is 42.3 Å². The minimum atomic E-state index is -0.574. The Hall–Kier alpha value is -3.04. The number of unbranched alkanes of at least 4 members (excludes halogenated alkanes) is 2. The topological polar surface area (TPSA) is 88.0 Å². The Labute approximate surface area is 242 Å². The molecule has 3 N–H and O–H groups in total. The van der Waals surface area contributed by atoms with Crippen LogP contribution in [0.4, 0.5) is 0 Å². The molecule has 0 bridgehead atoms. The van der Waals surface area contributed by atoms with Crippen LogP contribution in [0.2, 0.25) is 0 Å². The Kier molecular flexibility index (Phi) is 11.4. The highest BCUT2D eigenvalue weighted by molar-refractivity contribution is 5.83. The summed E-state index contributed by atoms with van der Waals surface area (Å²) < 4.78 is 31.9. The van der Waals surface area contributed by atoms with Gasteiger partial charge in [0.25, 0.3) is 0 Å². The lowest BCUT2D eigenvalue weighted by atomic mass is 10.1. The maximum absolute atomic E-state index is 6.51. The second-order valence-corrected chi connectivity index (χ2v) is 10.5. The maximum atomic E-state index is 6.51. The summed E-state index contributed by atoms with van der Waals surface area (Å²) in [6.45, 7) is 3.17. The molecule has 2 heterocycles. The number of nitrogens with one attached hydrogen (secondary N) is 1. The Balaban J connectivity index is 1.27. The molecule has 0 saturated carbocycles. The summed E-state index contributed by atoms with van der Waals surface area (Å²) in [4.78, 5) is 3.35. The van der Waals surface area contributed by atoms with Crippen molar-refractivity contribution in [3.05, 3.63) is 108 Å². The largest absolute Gasteiger partial charge is 0.379 e. The van der Waals surface area contributed by atoms with Gasteiger partial charge in [-0.25, -0.2) is 0 Å². The fourth-order valence-corrected chi connectivity index (χ4v) is 5.22. The summed E-state index contributed by atoms with van der Waals surface area (Å²) in [6, 6.07) is 28.6. The molecule has 1 saturated heterocycles. The summed E-state index contributed by atoms with van der Waals surface area (Å²) in [7, 11) is 0. The van der Waals surface area contributed by atoms with E-state index in [9.17, 15) is 0 Å². The highest BCUT2D eigenvalue weighted by Gasteiger charge is 2.47. The normalized spacial score (nSPS) is 20.6. The number of hydrogen-bond donors (Lipinski definition) is 2. The Bertz CT molecular complexity index is 1280. The van der Waals surface area contributed by atoms with Gasteiger partial charge in [-0.05, 0) is 55.0 Å². The third kappa shape index (κ3) is 8.49. The van der Waals surface area contributed by atoms with E-state index < -0.39 is 12.4 Å². The predicted molar refractivity (Wildman–Crippen MR) is 160 cm³/mol. The molecule has 0 amide bonds. The van der Waals surface area contributed by atoms with Gasteiger partial charge in [-0.1, -0.05) is 78.9 Å². The number of aromatic amines is 1. The number of benzene rings is 3. The summed E-state index contributed by atoms with van der Waals surface area (Å²) in [5, 5.41) is 1.21. The van der Waals surface area contributed by atoms with Crippen molar-refractivity contribution in [2.45, 2.75) is 63.5 Å². The molecule has 7 heteroatoms. The number of ether oxygens (including phenoxy) is 5. The van der Waals surface area contributed by atoms with E-state index in [-0.39, 0.29) is 12.2 Å². The van der Waals surface area contributed by atoms with Crippen LogP contribution < -0.4 is 5.73 Å². The number of aromatic nitrogens is 1. The first-order chi connectivity index (χ1) is 20.3. The van der Waals surface area contributed by atoms with Gasteiger partial charge in [-0.15, -0.1) is 0 Å². The maximum Gasteiger partial charge on any atom is 0.186 e. The molecule has 0 aliphatic carbocycles. The van der Waals surface area contributed by atoms with Crippen LogP contribution in [-0.4, -0.2) is 56.0 Å². The van der Waals surface area contributed by atoms with E-state index in [1.165, 1.54) is 10.9 Å². The number of para-hydroxylation sites is 1. The van der Waals surface area contributed by atoms with Crippen molar-refractivity contribution in [1.29, 1.82) is 0 Å². The zero-order chi connectivity index (χ0) is 28.1. The van der Waals surface area contributed by atoms with Crippen molar-refractivity contribution in [1.82, 2.24) is 4.98 Å².